The van der Waals surface area contributed by atoms with Gasteiger partial charge in [0, 0.05) is 0 Å². The summed E-state index contributed by atoms with van der Waals surface area (Å²) < 4.78 is 0. The molecule has 76 valence electrons. The van der Waals surface area contributed by atoms with Gasteiger partial charge < -0.3 is 5.11 Å². The number of alkyl halides is 2. The average Bonchev–Trinajstić information content (AvgIpc) is 2.02. The molecule has 0 aliphatic carbocycles. The highest BCUT2D eigenvalue weighted by Gasteiger charge is 2.03. The largest absolute Gasteiger partial charge is 0.391 e. The van der Waals surface area contributed by atoms with Crippen LogP contribution in [0, 0.1) is 0 Å². The van der Waals surface area contributed by atoms with Crippen LogP contribution in [0.3, 0.4) is 0 Å². The molecular formula is C9H20Cl2O. The molecule has 0 aliphatic heterocycles. The minimum Gasteiger partial charge on any atom is -0.391 e. The summed E-state index contributed by atoms with van der Waals surface area (Å²) in [4.78, 5) is -0.648. The number of hydrogen-bond donors (Lipinski definition) is 1. The SMILES string of the molecule is CC(O)C(Cl)Cl.CCCCCC. The van der Waals surface area contributed by atoms with Gasteiger partial charge in [0.05, 0.1) is 6.10 Å². The first kappa shape index (κ1) is 15.0. The molecule has 1 atom stereocenters. The highest BCUT2D eigenvalue weighted by Crippen LogP contribution is 2.05. The van der Waals surface area contributed by atoms with Gasteiger partial charge in [-0.15, -0.1) is 23.2 Å². The lowest BCUT2D eigenvalue weighted by Crippen LogP contribution is -2.08. The van der Waals surface area contributed by atoms with Gasteiger partial charge in [-0.05, 0) is 6.92 Å². The molecule has 0 rings (SSSR count). The number of rotatable bonds is 4. The average molecular weight is 215 g/mol. The molecule has 0 amide bonds. The van der Waals surface area contributed by atoms with Crippen molar-refractivity contribution in [1.29, 1.82) is 0 Å². The number of halogens is 2. The van der Waals surface area contributed by atoms with Crippen molar-refractivity contribution in [3.63, 3.8) is 0 Å². The van der Waals surface area contributed by atoms with Gasteiger partial charge in [-0.2, -0.15) is 0 Å². The zero-order valence-electron chi connectivity index (χ0n) is 8.19. The van der Waals surface area contributed by atoms with Crippen LogP contribution in [-0.4, -0.2) is 16.0 Å². The fourth-order valence-corrected chi connectivity index (χ4v) is 0.500. The Morgan fingerprint density at radius 3 is 1.42 bits per heavy atom. The topological polar surface area (TPSA) is 20.2 Å². The molecule has 0 aromatic carbocycles. The lowest BCUT2D eigenvalue weighted by molar-refractivity contribution is 0.209. The third-order valence-corrected chi connectivity index (χ3v) is 2.05. The van der Waals surface area contributed by atoms with Crippen LogP contribution in [0.1, 0.15) is 46.5 Å². The third-order valence-electron chi connectivity index (χ3n) is 1.32. The van der Waals surface area contributed by atoms with Gasteiger partial charge in [0.2, 0.25) is 0 Å². The van der Waals surface area contributed by atoms with E-state index in [1.165, 1.54) is 32.6 Å². The predicted molar refractivity (Wildman–Crippen MR) is 57.0 cm³/mol. The van der Waals surface area contributed by atoms with E-state index in [0.717, 1.165) is 0 Å². The second-order valence-corrected chi connectivity index (χ2v) is 3.95. The zero-order chi connectivity index (χ0) is 9.98. The maximum atomic E-state index is 8.37. The van der Waals surface area contributed by atoms with Crippen LogP contribution in [0.25, 0.3) is 0 Å². The van der Waals surface area contributed by atoms with Crippen molar-refractivity contribution in [3.05, 3.63) is 0 Å². The molecule has 1 nitrogen and oxygen atoms in total. The van der Waals surface area contributed by atoms with Gasteiger partial charge in [-0.3, -0.25) is 0 Å². The van der Waals surface area contributed by atoms with Crippen molar-refractivity contribution >= 4 is 23.2 Å². The highest BCUT2D eigenvalue weighted by molar-refractivity contribution is 6.44. The third kappa shape index (κ3) is 16.9. The van der Waals surface area contributed by atoms with E-state index in [2.05, 4.69) is 13.8 Å². The number of aliphatic hydroxyl groups excluding tert-OH is 1. The number of unbranched alkanes of at least 4 members (excludes halogenated alkanes) is 3. The van der Waals surface area contributed by atoms with Gasteiger partial charge in [0.1, 0.15) is 4.84 Å². The summed E-state index contributed by atoms with van der Waals surface area (Å²) in [5.41, 5.74) is 0. The van der Waals surface area contributed by atoms with Crippen molar-refractivity contribution in [1.82, 2.24) is 0 Å². The van der Waals surface area contributed by atoms with Crippen molar-refractivity contribution in [2.45, 2.75) is 57.4 Å². The summed E-state index contributed by atoms with van der Waals surface area (Å²) in [6.07, 6.45) is 4.92. The van der Waals surface area contributed by atoms with E-state index in [9.17, 15) is 0 Å². The van der Waals surface area contributed by atoms with Gasteiger partial charge in [-0.1, -0.05) is 39.5 Å². The van der Waals surface area contributed by atoms with Crippen LogP contribution in [0.15, 0.2) is 0 Å². The first-order chi connectivity index (χ1) is 5.56. The van der Waals surface area contributed by atoms with Crippen LogP contribution in [0.5, 0.6) is 0 Å². The van der Waals surface area contributed by atoms with E-state index in [1.54, 1.807) is 0 Å². The van der Waals surface area contributed by atoms with Gasteiger partial charge in [0.15, 0.2) is 0 Å². The van der Waals surface area contributed by atoms with E-state index in [4.69, 9.17) is 28.3 Å². The fourth-order valence-electron chi connectivity index (χ4n) is 0.500. The lowest BCUT2D eigenvalue weighted by atomic mass is 10.2. The quantitative estimate of drug-likeness (QED) is 0.559. The molecule has 0 fully saturated rings. The maximum Gasteiger partial charge on any atom is 0.133 e. The lowest BCUT2D eigenvalue weighted by Gasteiger charge is -1.99. The smallest absolute Gasteiger partial charge is 0.133 e. The van der Waals surface area contributed by atoms with Crippen LogP contribution >= 0.6 is 23.2 Å². The molecule has 1 N–H and O–H groups in total. The van der Waals surface area contributed by atoms with Crippen molar-refractivity contribution in [3.8, 4) is 0 Å². The molecule has 0 bridgehead atoms. The number of aliphatic hydroxyl groups is 1. The summed E-state index contributed by atoms with van der Waals surface area (Å²) in [6.45, 7) is 6.00. The first-order valence-electron chi connectivity index (χ1n) is 4.52. The van der Waals surface area contributed by atoms with Gasteiger partial charge in [0.25, 0.3) is 0 Å². The van der Waals surface area contributed by atoms with E-state index in [0.29, 0.717) is 0 Å². The molecule has 0 aromatic rings. The number of hydrogen-bond acceptors (Lipinski definition) is 1. The fraction of sp³-hybridized carbons (Fsp3) is 1.00. The Morgan fingerprint density at radius 2 is 1.33 bits per heavy atom. The molecule has 3 heteroatoms. The Kier molecular flexibility index (Phi) is 14.5. The van der Waals surface area contributed by atoms with Crippen LogP contribution in [0.4, 0.5) is 0 Å². The Morgan fingerprint density at radius 1 is 1.08 bits per heavy atom. The zero-order valence-corrected chi connectivity index (χ0v) is 9.70. The van der Waals surface area contributed by atoms with Crippen LogP contribution in [-0.2, 0) is 0 Å². The molecule has 0 aliphatic rings. The molecule has 0 heterocycles. The molecule has 0 radical (unpaired) electrons. The Hall–Kier alpha value is 0.540. The van der Waals surface area contributed by atoms with Crippen molar-refractivity contribution < 1.29 is 5.11 Å². The minimum atomic E-state index is -0.648. The van der Waals surface area contributed by atoms with Crippen molar-refractivity contribution in [2.75, 3.05) is 0 Å². The molecule has 0 saturated heterocycles. The van der Waals surface area contributed by atoms with Gasteiger partial charge >= 0.3 is 0 Å². The first-order valence-corrected chi connectivity index (χ1v) is 5.39. The normalized spacial score (nSPS) is 12.2. The highest BCUT2D eigenvalue weighted by atomic mass is 35.5. The van der Waals surface area contributed by atoms with E-state index in [1.807, 2.05) is 0 Å². The van der Waals surface area contributed by atoms with E-state index in [-0.39, 0.29) is 0 Å². The van der Waals surface area contributed by atoms with Crippen LogP contribution in [0.2, 0.25) is 0 Å². The second-order valence-electron chi connectivity index (χ2n) is 2.78. The summed E-state index contributed by atoms with van der Waals surface area (Å²) in [6, 6.07) is 0. The molecular weight excluding hydrogens is 195 g/mol. The Labute approximate surface area is 86.1 Å². The standard InChI is InChI=1S/C6H14.C3H6Cl2O/c1-3-5-6-4-2;1-2(6)3(4)5/h3-6H2,1-2H3;2-3,6H,1H3. The minimum absolute atomic E-state index is 0.617. The summed E-state index contributed by atoms with van der Waals surface area (Å²) >= 11 is 10.3. The monoisotopic (exact) mass is 214 g/mol. The van der Waals surface area contributed by atoms with Crippen LogP contribution < -0.4 is 0 Å². The van der Waals surface area contributed by atoms with Gasteiger partial charge in [-0.25, -0.2) is 0 Å². The Balaban J connectivity index is 0. The molecule has 0 spiro atoms. The van der Waals surface area contributed by atoms with Crippen molar-refractivity contribution in [2.24, 2.45) is 0 Å². The molecule has 0 aromatic heterocycles. The molecule has 12 heavy (non-hydrogen) atoms. The summed E-state index contributed by atoms with van der Waals surface area (Å²) in [5, 5.41) is 8.37. The molecule has 0 saturated carbocycles. The Bertz CT molecular complexity index is 64.9. The second kappa shape index (κ2) is 11.5. The maximum absolute atomic E-state index is 8.37. The summed E-state index contributed by atoms with van der Waals surface area (Å²) in [7, 11) is 0. The van der Waals surface area contributed by atoms with E-state index >= 15 is 0 Å². The predicted octanol–water partition coefficient (Wildman–Crippen LogP) is 3.76. The molecule has 1 unspecified atom stereocenters. The summed E-state index contributed by atoms with van der Waals surface area (Å²) in [5.74, 6) is 0. The van der Waals surface area contributed by atoms with E-state index < -0.39 is 10.9 Å².